The maximum atomic E-state index is 9.94. The molecule has 0 radical (unpaired) electrons. The number of unbranched alkanes of at least 4 members (excludes halogenated alkanes) is 13. The van der Waals surface area contributed by atoms with Crippen LogP contribution in [0.3, 0.4) is 0 Å². The third-order valence-electron chi connectivity index (χ3n) is 5.93. The zero-order valence-corrected chi connectivity index (χ0v) is 19.4. The van der Waals surface area contributed by atoms with Crippen LogP contribution in [0.2, 0.25) is 0 Å². The van der Waals surface area contributed by atoms with Crippen LogP contribution >= 0.6 is 0 Å². The van der Waals surface area contributed by atoms with E-state index in [1.165, 1.54) is 83.5 Å². The van der Waals surface area contributed by atoms with E-state index in [2.05, 4.69) is 19.1 Å². The number of hydrogen-bond donors (Lipinski definition) is 3. The summed E-state index contributed by atoms with van der Waals surface area (Å²) in [4.78, 5) is 0. The van der Waals surface area contributed by atoms with Crippen molar-refractivity contribution in [2.45, 2.75) is 128 Å². The van der Waals surface area contributed by atoms with Gasteiger partial charge in [0.2, 0.25) is 0 Å². The smallest absolute Gasteiger partial charge is 0.114 e. The summed E-state index contributed by atoms with van der Waals surface area (Å²) in [6.45, 7) is 2.99. The molecule has 1 heterocycles. The molecule has 3 N–H and O–H groups in total. The maximum absolute atomic E-state index is 9.94. The van der Waals surface area contributed by atoms with Crippen LogP contribution in [0.4, 0.5) is 0 Å². The molecule has 4 atom stereocenters. The van der Waals surface area contributed by atoms with Gasteiger partial charge in [0.25, 0.3) is 0 Å². The van der Waals surface area contributed by atoms with Crippen molar-refractivity contribution in [2.24, 2.45) is 0 Å². The summed E-state index contributed by atoms with van der Waals surface area (Å²) in [5.41, 5.74) is 0. The Morgan fingerprint density at radius 3 is 1.90 bits per heavy atom. The molecular formula is C25H48O5. The van der Waals surface area contributed by atoms with Crippen molar-refractivity contribution in [3.05, 3.63) is 12.2 Å². The SMILES string of the molecule is CCCCCCCCCCCCCCC/C=C/CCOC[C@@H](O)[C@H]1OC[C@H](O)[C@H]1O. The summed E-state index contributed by atoms with van der Waals surface area (Å²) in [5, 5.41) is 29.0. The van der Waals surface area contributed by atoms with Crippen molar-refractivity contribution in [1.82, 2.24) is 0 Å². The maximum Gasteiger partial charge on any atom is 0.114 e. The summed E-state index contributed by atoms with van der Waals surface area (Å²) in [6, 6.07) is 0. The Morgan fingerprint density at radius 2 is 1.37 bits per heavy atom. The molecule has 1 aliphatic heterocycles. The lowest BCUT2D eigenvalue weighted by Gasteiger charge is -2.20. The Hall–Kier alpha value is -0.460. The minimum Gasteiger partial charge on any atom is -0.388 e. The number of rotatable bonds is 20. The molecule has 1 saturated heterocycles. The van der Waals surface area contributed by atoms with Crippen LogP contribution in [-0.2, 0) is 9.47 Å². The summed E-state index contributed by atoms with van der Waals surface area (Å²) in [7, 11) is 0. The van der Waals surface area contributed by atoms with Gasteiger partial charge in [0.05, 0.1) is 19.8 Å². The third kappa shape index (κ3) is 13.8. The Kier molecular flexibility index (Phi) is 17.7. The van der Waals surface area contributed by atoms with Crippen LogP contribution in [0, 0.1) is 0 Å². The average Bonchev–Trinajstić information content (AvgIpc) is 3.08. The second kappa shape index (κ2) is 19.2. The van der Waals surface area contributed by atoms with E-state index in [0.29, 0.717) is 6.61 Å². The highest BCUT2D eigenvalue weighted by Gasteiger charge is 2.39. The van der Waals surface area contributed by atoms with Crippen molar-refractivity contribution < 1.29 is 24.8 Å². The number of aliphatic hydroxyl groups is 3. The standard InChI is InChI=1S/C25H48O5/c1-2-3-4-5-6-7-8-9-10-11-12-13-14-15-16-17-18-19-29-20-23(27)25-24(28)22(26)21-30-25/h16-17,22-28H,2-15,18-21H2,1H3/b17-16+/t22-,23+,24+,25+/m0/s1. The monoisotopic (exact) mass is 428 g/mol. The zero-order valence-electron chi connectivity index (χ0n) is 19.4. The molecule has 0 bridgehead atoms. The molecule has 30 heavy (non-hydrogen) atoms. The molecule has 0 aliphatic carbocycles. The van der Waals surface area contributed by atoms with Gasteiger partial charge in [-0.1, -0.05) is 96.1 Å². The highest BCUT2D eigenvalue weighted by molar-refractivity contribution is 4.88. The molecule has 0 amide bonds. The Balaban J connectivity index is 1.78. The lowest BCUT2D eigenvalue weighted by molar-refractivity contribution is -0.0806. The highest BCUT2D eigenvalue weighted by Crippen LogP contribution is 2.18. The van der Waals surface area contributed by atoms with Crippen molar-refractivity contribution >= 4 is 0 Å². The van der Waals surface area contributed by atoms with Crippen molar-refractivity contribution in [1.29, 1.82) is 0 Å². The van der Waals surface area contributed by atoms with Gasteiger partial charge in [-0.25, -0.2) is 0 Å². The molecule has 1 rings (SSSR count). The van der Waals surface area contributed by atoms with E-state index in [9.17, 15) is 15.3 Å². The van der Waals surface area contributed by atoms with Crippen molar-refractivity contribution in [3.8, 4) is 0 Å². The van der Waals surface area contributed by atoms with E-state index < -0.39 is 24.4 Å². The molecule has 1 aliphatic rings. The molecule has 1 fully saturated rings. The fourth-order valence-corrected chi connectivity index (χ4v) is 3.93. The van der Waals surface area contributed by atoms with E-state index in [0.717, 1.165) is 12.8 Å². The second-order valence-electron chi connectivity index (χ2n) is 8.79. The van der Waals surface area contributed by atoms with Crippen molar-refractivity contribution in [3.63, 3.8) is 0 Å². The van der Waals surface area contributed by atoms with Crippen molar-refractivity contribution in [2.75, 3.05) is 19.8 Å². The van der Waals surface area contributed by atoms with Crippen LogP contribution in [-0.4, -0.2) is 59.6 Å². The number of hydrogen-bond acceptors (Lipinski definition) is 5. The predicted octanol–water partition coefficient (Wildman–Crippen LogP) is 4.91. The lowest BCUT2D eigenvalue weighted by atomic mass is 10.0. The van der Waals surface area contributed by atoms with E-state index in [1.54, 1.807) is 0 Å². The van der Waals surface area contributed by atoms with E-state index in [1.807, 2.05) is 0 Å². The molecule has 0 unspecified atom stereocenters. The van der Waals surface area contributed by atoms with Crippen LogP contribution in [0.25, 0.3) is 0 Å². The van der Waals surface area contributed by atoms with Gasteiger partial charge < -0.3 is 24.8 Å². The minimum atomic E-state index is -1.04. The Morgan fingerprint density at radius 1 is 0.833 bits per heavy atom. The molecule has 5 nitrogen and oxygen atoms in total. The van der Waals surface area contributed by atoms with Crippen LogP contribution in [0.15, 0.2) is 12.2 Å². The van der Waals surface area contributed by atoms with E-state index >= 15 is 0 Å². The summed E-state index contributed by atoms with van der Waals surface area (Å²) < 4.78 is 10.6. The Labute approximate surface area is 184 Å². The molecule has 5 heteroatoms. The summed E-state index contributed by atoms with van der Waals surface area (Å²) in [5.74, 6) is 0. The number of aliphatic hydroxyl groups excluding tert-OH is 3. The molecule has 0 aromatic rings. The first-order valence-electron chi connectivity index (χ1n) is 12.5. The van der Waals surface area contributed by atoms with Gasteiger partial charge in [0.1, 0.15) is 24.4 Å². The highest BCUT2D eigenvalue weighted by atomic mass is 16.5. The topological polar surface area (TPSA) is 79.2 Å². The molecule has 0 saturated carbocycles. The minimum absolute atomic E-state index is 0.0603. The fourth-order valence-electron chi connectivity index (χ4n) is 3.93. The normalized spacial score (nSPS) is 22.9. The van der Waals surface area contributed by atoms with Crippen LogP contribution in [0.5, 0.6) is 0 Å². The van der Waals surface area contributed by atoms with Crippen LogP contribution < -0.4 is 0 Å². The quantitative estimate of drug-likeness (QED) is 0.190. The first-order valence-corrected chi connectivity index (χ1v) is 12.5. The first-order chi connectivity index (χ1) is 14.7. The lowest BCUT2D eigenvalue weighted by Crippen LogP contribution is -2.40. The summed E-state index contributed by atoms with van der Waals surface area (Å²) in [6.07, 6.45) is 20.7. The van der Waals surface area contributed by atoms with Gasteiger partial charge in [-0.05, 0) is 19.3 Å². The Bertz CT molecular complexity index is 401. The molecular weight excluding hydrogens is 380 g/mol. The third-order valence-corrected chi connectivity index (χ3v) is 5.93. The number of allylic oxidation sites excluding steroid dienone is 1. The second-order valence-corrected chi connectivity index (χ2v) is 8.79. The van der Waals surface area contributed by atoms with E-state index in [-0.39, 0.29) is 13.2 Å². The fraction of sp³-hybridized carbons (Fsp3) is 0.920. The summed E-state index contributed by atoms with van der Waals surface area (Å²) >= 11 is 0. The average molecular weight is 429 g/mol. The van der Waals surface area contributed by atoms with Gasteiger partial charge in [0.15, 0.2) is 0 Å². The molecule has 0 spiro atoms. The predicted molar refractivity (Wildman–Crippen MR) is 123 cm³/mol. The van der Waals surface area contributed by atoms with Gasteiger partial charge >= 0.3 is 0 Å². The van der Waals surface area contributed by atoms with Gasteiger partial charge in [-0.15, -0.1) is 0 Å². The molecule has 0 aromatic carbocycles. The largest absolute Gasteiger partial charge is 0.388 e. The van der Waals surface area contributed by atoms with Gasteiger partial charge in [-0.2, -0.15) is 0 Å². The van der Waals surface area contributed by atoms with Gasteiger partial charge in [0, 0.05) is 0 Å². The first kappa shape index (κ1) is 27.6. The molecule has 0 aromatic heterocycles. The van der Waals surface area contributed by atoms with Gasteiger partial charge in [-0.3, -0.25) is 0 Å². The molecule has 178 valence electrons. The van der Waals surface area contributed by atoms with Crippen LogP contribution in [0.1, 0.15) is 103 Å². The number of ether oxygens (including phenoxy) is 2. The zero-order chi connectivity index (χ0) is 21.9. The van der Waals surface area contributed by atoms with E-state index in [4.69, 9.17) is 9.47 Å².